The number of alkyl halides is 3. The number of carbonyl (C=O) groups excluding carboxylic acids is 2. The van der Waals surface area contributed by atoms with Crippen LogP contribution in [0.25, 0.3) is 0 Å². The van der Waals surface area contributed by atoms with Crippen LogP contribution in [0.2, 0.25) is 10.0 Å². The number of aliphatic carboxylic acids is 1. The van der Waals surface area contributed by atoms with Crippen molar-refractivity contribution in [3.8, 4) is 0 Å². The quantitative estimate of drug-likeness (QED) is 0.376. The molecule has 1 aliphatic carbocycles. The molecule has 0 saturated heterocycles. The van der Waals surface area contributed by atoms with Gasteiger partial charge in [-0.15, -0.1) is 0 Å². The lowest BCUT2D eigenvalue weighted by atomic mass is 9.84. The Labute approximate surface area is 228 Å². The molecule has 0 unspecified atom stereocenters. The smallest absolute Gasteiger partial charge is 0.433 e. The molecule has 0 aromatic carbocycles. The first kappa shape index (κ1) is 29.9. The molecule has 0 atom stereocenters. The fourth-order valence-electron chi connectivity index (χ4n) is 4.79. The highest BCUT2D eigenvalue weighted by atomic mass is 35.5. The van der Waals surface area contributed by atoms with Crippen LogP contribution in [0.3, 0.4) is 0 Å². The number of pyridine rings is 1. The molecular weight excluding hydrogens is 548 g/mol. The Balaban J connectivity index is 1.94. The van der Waals surface area contributed by atoms with Crippen molar-refractivity contribution in [2.45, 2.75) is 65.1 Å². The summed E-state index contributed by atoms with van der Waals surface area (Å²) in [6, 6.07) is -0.634. The Hall–Kier alpha value is -2.66. The van der Waals surface area contributed by atoms with Gasteiger partial charge in [0.2, 0.25) is 0 Å². The van der Waals surface area contributed by atoms with Gasteiger partial charge in [-0.05, 0) is 37.0 Å². The van der Waals surface area contributed by atoms with Gasteiger partial charge < -0.3 is 10.0 Å². The predicted octanol–water partition coefficient (Wildman–Crippen LogP) is 6.18. The van der Waals surface area contributed by atoms with E-state index in [4.69, 9.17) is 28.3 Å². The molecule has 1 N–H and O–H groups in total. The second kappa shape index (κ2) is 11.6. The zero-order valence-electron chi connectivity index (χ0n) is 21.2. The maximum absolute atomic E-state index is 14.3. The van der Waals surface area contributed by atoms with Gasteiger partial charge in [-0.1, -0.05) is 44.0 Å². The number of rotatable bonds is 8. The van der Waals surface area contributed by atoms with E-state index in [1.807, 2.05) is 0 Å². The molecule has 1 amide bonds. The highest BCUT2D eigenvalue weighted by Gasteiger charge is 2.43. The van der Waals surface area contributed by atoms with Gasteiger partial charge in [0.25, 0.3) is 5.91 Å². The Bertz CT molecular complexity index is 1180. The summed E-state index contributed by atoms with van der Waals surface area (Å²) in [6.07, 6.45) is -0.121. The minimum Gasteiger partial charge on any atom is -0.481 e. The Kier molecular flexibility index (Phi) is 9.13. The van der Waals surface area contributed by atoms with Crippen LogP contribution < -0.4 is 0 Å². The van der Waals surface area contributed by atoms with Crippen molar-refractivity contribution in [3.63, 3.8) is 0 Å². The van der Waals surface area contributed by atoms with Crippen LogP contribution >= 0.6 is 23.2 Å². The lowest BCUT2D eigenvalue weighted by molar-refractivity contribution is -0.145. The number of Topliss-reactive ketones (excluding diaryl/α,β-unsaturated/α-hetero) is 1. The minimum atomic E-state index is -4.89. The topological polar surface area (TPSA) is 105 Å². The average Bonchev–Trinajstić information content (AvgIpc) is 3.23. The molecule has 2 aromatic rings. The SMILES string of the molecule is CC(C)(C)CN(CC(=O)c1c(Cl)cncc1Cl)C(=O)c1cnn(C2CCC(CC(=O)O)CC2)c1C(F)(F)F. The van der Waals surface area contributed by atoms with Crippen molar-refractivity contribution in [3.05, 3.63) is 45.5 Å². The molecule has 2 aromatic heterocycles. The van der Waals surface area contributed by atoms with Crippen LogP contribution in [0.1, 0.15) is 85.3 Å². The van der Waals surface area contributed by atoms with Crippen LogP contribution in [-0.2, 0) is 11.0 Å². The van der Waals surface area contributed by atoms with Crippen molar-refractivity contribution < 1.29 is 32.7 Å². The molecule has 1 saturated carbocycles. The lowest BCUT2D eigenvalue weighted by Crippen LogP contribution is -2.42. The number of halogens is 5. The highest BCUT2D eigenvalue weighted by Crippen LogP contribution is 2.40. The third-order valence-corrected chi connectivity index (χ3v) is 6.91. The van der Waals surface area contributed by atoms with E-state index in [1.165, 1.54) is 12.4 Å². The molecule has 13 heteroatoms. The monoisotopic (exact) mass is 576 g/mol. The maximum atomic E-state index is 14.3. The summed E-state index contributed by atoms with van der Waals surface area (Å²) in [5.74, 6) is -2.69. The first-order valence-electron chi connectivity index (χ1n) is 12.1. The number of carboxylic acid groups (broad SMARTS) is 1. The third-order valence-electron chi connectivity index (χ3n) is 6.34. The van der Waals surface area contributed by atoms with Crippen LogP contribution in [-0.4, -0.2) is 55.5 Å². The molecule has 0 bridgehead atoms. The van der Waals surface area contributed by atoms with E-state index in [-0.39, 0.29) is 34.5 Å². The van der Waals surface area contributed by atoms with Gasteiger partial charge >= 0.3 is 12.1 Å². The Morgan fingerprint density at radius 2 is 1.63 bits per heavy atom. The van der Waals surface area contributed by atoms with E-state index in [2.05, 4.69) is 10.1 Å². The normalized spacial score (nSPS) is 18.3. The van der Waals surface area contributed by atoms with Gasteiger partial charge in [0.1, 0.15) is 0 Å². The molecule has 2 heterocycles. The van der Waals surface area contributed by atoms with E-state index in [9.17, 15) is 27.6 Å². The van der Waals surface area contributed by atoms with Gasteiger partial charge in [0, 0.05) is 25.4 Å². The molecule has 0 radical (unpaired) electrons. The fraction of sp³-hybridized carbons (Fsp3) is 0.560. The van der Waals surface area contributed by atoms with Crippen LogP contribution in [0, 0.1) is 11.3 Å². The summed E-state index contributed by atoms with van der Waals surface area (Å²) in [6.45, 7) is 4.78. The van der Waals surface area contributed by atoms with Crippen molar-refractivity contribution in [1.29, 1.82) is 0 Å². The van der Waals surface area contributed by atoms with Gasteiger partial charge in [-0.3, -0.25) is 24.0 Å². The van der Waals surface area contributed by atoms with E-state index in [1.54, 1.807) is 20.8 Å². The average molecular weight is 577 g/mol. The summed E-state index contributed by atoms with van der Waals surface area (Å²) in [5, 5.41) is 12.9. The number of nitrogens with zero attached hydrogens (tertiary/aromatic N) is 4. The van der Waals surface area contributed by atoms with E-state index in [0.29, 0.717) is 25.7 Å². The summed E-state index contributed by atoms with van der Waals surface area (Å²) in [5.41, 5.74) is -2.47. The van der Waals surface area contributed by atoms with E-state index in [0.717, 1.165) is 15.8 Å². The fourth-order valence-corrected chi connectivity index (χ4v) is 5.37. The molecule has 8 nitrogen and oxygen atoms in total. The number of hydrogen-bond donors (Lipinski definition) is 1. The first-order chi connectivity index (χ1) is 17.6. The zero-order valence-corrected chi connectivity index (χ0v) is 22.7. The van der Waals surface area contributed by atoms with Gasteiger partial charge in [-0.25, -0.2) is 0 Å². The van der Waals surface area contributed by atoms with Crippen molar-refractivity contribution >= 4 is 40.9 Å². The number of carbonyl (C=O) groups is 3. The molecular formula is C25H29Cl2F3N4O4. The Morgan fingerprint density at radius 1 is 1.05 bits per heavy atom. The summed E-state index contributed by atoms with van der Waals surface area (Å²) < 4.78 is 43.8. The molecule has 208 valence electrons. The minimum absolute atomic E-state index is 0.0271. The van der Waals surface area contributed by atoms with Crippen LogP contribution in [0.4, 0.5) is 13.2 Å². The highest BCUT2D eigenvalue weighted by molar-refractivity contribution is 6.39. The number of amides is 1. The second-order valence-electron chi connectivity index (χ2n) is 10.7. The maximum Gasteiger partial charge on any atom is 0.433 e. The van der Waals surface area contributed by atoms with Crippen LogP contribution in [0.5, 0.6) is 0 Å². The molecule has 38 heavy (non-hydrogen) atoms. The predicted molar refractivity (Wildman–Crippen MR) is 134 cm³/mol. The zero-order chi connectivity index (χ0) is 28.4. The molecule has 1 aliphatic rings. The standard InChI is InChI=1S/C25H29Cl2F3N4O4/c1-24(2,3)13-33(12-19(35)21-17(26)10-31-11-18(21)27)23(38)16-9-32-34(22(16)25(28,29)30)15-6-4-14(5-7-15)8-20(36)37/h9-11,14-15H,4-8,12-13H2,1-3H3,(H,36,37). The third kappa shape index (κ3) is 7.25. The number of aromatic nitrogens is 3. The largest absolute Gasteiger partial charge is 0.481 e. The molecule has 0 spiro atoms. The molecule has 1 fully saturated rings. The first-order valence-corrected chi connectivity index (χ1v) is 12.8. The Morgan fingerprint density at radius 3 is 2.13 bits per heavy atom. The van der Waals surface area contributed by atoms with Crippen molar-refractivity contribution in [2.75, 3.05) is 13.1 Å². The van der Waals surface area contributed by atoms with Crippen molar-refractivity contribution in [2.24, 2.45) is 11.3 Å². The number of hydrogen-bond acceptors (Lipinski definition) is 5. The van der Waals surface area contributed by atoms with Gasteiger partial charge in [-0.2, -0.15) is 18.3 Å². The van der Waals surface area contributed by atoms with Gasteiger partial charge in [0.15, 0.2) is 11.5 Å². The van der Waals surface area contributed by atoms with E-state index >= 15 is 0 Å². The molecule has 0 aliphatic heterocycles. The number of ketones is 1. The van der Waals surface area contributed by atoms with Crippen LogP contribution in [0.15, 0.2) is 18.6 Å². The van der Waals surface area contributed by atoms with E-state index < -0.39 is 53.1 Å². The summed E-state index contributed by atoms with van der Waals surface area (Å²) in [4.78, 5) is 42.5. The summed E-state index contributed by atoms with van der Waals surface area (Å²) >= 11 is 12.2. The van der Waals surface area contributed by atoms with Gasteiger partial charge in [0.05, 0.1) is 40.0 Å². The summed E-state index contributed by atoms with van der Waals surface area (Å²) in [7, 11) is 0. The number of carboxylic acids is 1. The van der Waals surface area contributed by atoms with Crippen molar-refractivity contribution in [1.82, 2.24) is 19.7 Å². The second-order valence-corrected chi connectivity index (χ2v) is 11.6. The molecule has 3 rings (SSSR count). The lowest BCUT2D eigenvalue weighted by Gasteiger charge is -2.31.